The van der Waals surface area contributed by atoms with Gasteiger partial charge < -0.3 is 4.90 Å². The number of fused-ring (bicyclic) bond motifs is 2. The van der Waals surface area contributed by atoms with Gasteiger partial charge in [-0.1, -0.05) is 31.0 Å². The molecule has 2 saturated heterocycles. The molecule has 0 saturated carbocycles. The minimum absolute atomic E-state index is 0.436. The third-order valence-corrected chi connectivity index (χ3v) is 6.96. The highest BCUT2D eigenvalue weighted by molar-refractivity contribution is 7.89. The summed E-state index contributed by atoms with van der Waals surface area (Å²) in [5.41, 5.74) is 1.09. The third kappa shape index (κ3) is 3.78. The van der Waals surface area contributed by atoms with Gasteiger partial charge in [-0.25, -0.2) is 8.42 Å². The molecule has 1 aromatic carbocycles. The lowest BCUT2D eigenvalue weighted by Gasteiger charge is -2.45. The van der Waals surface area contributed by atoms with E-state index in [9.17, 15) is 8.42 Å². The number of sulfonamides is 1. The van der Waals surface area contributed by atoms with Crippen LogP contribution in [0.3, 0.4) is 0 Å². The summed E-state index contributed by atoms with van der Waals surface area (Å²) in [6.45, 7) is 8.82. The molecule has 2 bridgehead atoms. The van der Waals surface area contributed by atoms with Crippen LogP contribution in [0.5, 0.6) is 0 Å². The monoisotopic (exact) mass is 336 g/mol. The Kier molecular flexibility index (Phi) is 5.09. The van der Waals surface area contributed by atoms with Crippen LogP contribution < -0.4 is 0 Å². The average molecular weight is 337 g/mol. The molecule has 23 heavy (non-hydrogen) atoms. The summed E-state index contributed by atoms with van der Waals surface area (Å²) in [5, 5.41) is 0. The molecule has 2 atom stereocenters. The van der Waals surface area contributed by atoms with E-state index < -0.39 is 10.0 Å². The standard InChI is InChI=1S/C18H28N2O2S/c1-3-4-9-19-11-16-10-17(12-19)14-20(13-16)23(21,22)18-7-5-15(2)6-8-18/h5-8,16-17H,3-4,9-14H2,1-2H3. The molecule has 1 aromatic rings. The van der Waals surface area contributed by atoms with Crippen LogP contribution in [0.15, 0.2) is 29.2 Å². The normalized spacial score (nSPS) is 26.3. The van der Waals surface area contributed by atoms with Gasteiger partial charge in [-0.2, -0.15) is 4.31 Å². The first-order valence-corrected chi connectivity index (χ1v) is 10.2. The Morgan fingerprint density at radius 1 is 1.04 bits per heavy atom. The minimum atomic E-state index is -3.34. The first-order chi connectivity index (χ1) is 11.0. The molecule has 0 N–H and O–H groups in total. The van der Waals surface area contributed by atoms with Gasteiger partial charge >= 0.3 is 0 Å². The Labute approximate surface area is 140 Å². The molecular formula is C18H28N2O2S. The zero-order chi connectivity index (χ0) is 16.4. The minimum Gasteiger partial charge on any atom is -0.303 e. The average Bonchev–Trinajstić information content (AvgIpc) is 2.52. The van der Waals surface area contributed by atoms with Gasteiger partial charge in [0.2, 0.25) is 10.0 Å². The van der Waals surface area contributed by atoms with Gasteiger partial charge in [0.05, 0.1) is 4.90 Å². The molecular weight excluding hydrogens is 308 g/mol. The number of piperidine rings is 2. The molecule has 0 radical (unpaired) electrons. The lowest BCUT2D eigenvalue weighted by atomic mass is 9.86. The Morgan fingerprint density at radius 2 is 1.65 bits per heavy atom. The van der Waals surface area contributed by atoms with E-state index >= 15 is 0 Å². The smallest absolute Gasteiger partial charge is 0.243 e. The predicted molar refractivity (Wildman–Crippen MR) is 92.9 cm³/mol. The van der Waals surface area contributed by atoms with Gasteiger partial charge in [0.25, 0.3) is 0 Å². The van der Waals surface area contributed by atoms with E-state index in [0.717, 1.165) is 25.2 Å². The van der Waals surface area contributed by atoms with E-state index in [2.05, 4.69) is 11.8 Å². The number of likely N-dealkylation sites (tertiary alicyclic amines) is 1. The van der Waals surface area contributed by atoms with E-state index in [-0.39, 0.29) is 0 Å². The second kappa shape index (κ2) is 6.91. The molecule has 2 aliphatic rings. The highest BCUT2D eigenvalue weighted by atomic mass is 32.2. The van der Waals surface area contributed by atoms with E-state index in [0.29, 0.717) is 29.8 Å². The number of hydrogen-bond acceptors (Lipinski definition) is 3. The lowest BCUT2D eigenvalue weighted by molar-refractivity contribution is 0.0640. The molecule has 2 fully saturated rings. The van der Waals surface area contributed by atoms with E-state index in [1.54, 1.807) is 16.4 Å². The van der Waals surface area contributed by atoms with E-state index in [4.69, 9.17) is 0 Å². The summed E-state index contributed by atoms with van der Waals surface area (Å²) in [5.74, 6) is 0.971. The quantitative estimate of drug-likeness (QED) is 0.830. The number of nitrogens with zero attached hydrogens (tertiary/aromatic N) is 2. The third-order valence-electron chi connectivity index (χ3n) is 5.11. The lowest BCUT2D eigenvalue weighted by Crippen LogP contribution is -2.54. The zero-order valence-electron chi connectivity index (χ0n) is 14.2. The summed E-state index contributed by atoms with van der Waals surface area (Å²) < 4.78 is 27.5. The predicted octanol–water partition coefficient (Wildman–Crippen LogP) is 2.74. The Bertz CT molecular complexity index is 613. The first-order valence-electron chi connectivity index (χ1n) is 8.78. The number of hydrogen-bond donors (Lipinski definition) is 0. The maximum atomic E-state index is 12.9. The molecule has 0 amide bonds. The highest BCUT2D eigenvalue weighted by Crippen LogP contribution is 2.32. The number of unbranched alkanes of at least 4 members (excludes halogenated alkanes) is 1. The fraction of sp³-hybridized carbons (Fsp3) is 0.667. The molecule has 0 aliphatic carbocycles. The summed E-state index contributed by atoms with van der Waals surface area (Å²) in [4.78, 5) is 2.98. The van der Waals surface area contributed by atoms with Crippen LogP contribution in [0.1, 0.15) is 31.7 Å². The summed E-state index contributed by atoms with van der Waals surface area (Å²) in [6.07, 6.45) is 3.65. The summed E-state index contributed by atoms with van der Waals surface area (Å²) >= 11 is 0. The Balaban J connectivity index is 1.70. The van der Waals surface area contributed by atoms with Crippen LogP contribution in [0, 0.1) is 18.8 Å². The van der Waals surface area contributed by atoms with Crippen molar-refractivity contribution in [2.75, 3.05) is 32.7 Å². The highest BCUT2D eigenvalue weighted by Gasteiger charge is 2.38. The van der Waals surface area contributed by atoms with Gasteiger partial charge in [0, 0.05) is 26.2 Å². The van der Waals surface area contributed by atoms with Crippen molar-refractivity contribution in [3.05, 3.63) is 29.8 Å². The zero-order valence-corrected chi connectivity index (χ0v) is 15.1. The largest absolute Gasteiger partial charge is 0.303 e. The van der Waals surface area contributed by atoms with Gasteiger partial charge in [0.1, 0.15) is 0 Å². The van der Waals surface area contributed by atoms with Crippen molar-refractivity contribution in [1.82, 2.24) is 9.21 Å². The molecule has 128 valence electrons. The molecule has 0 spiro atoms. The SMILES string of the molecule is CCCCN1CC2CC(C1)CN(S(=O)(=O)c1ccc(C)cc1)C2. The fourth-order valence-electron chi connectivity index (χ4n) is 3.96. The molecule has 3 rings (SSSR count). The van der Waals surface area contributed by atoms with Gasteiger partial charge in [-0.15, -0.1) is 0 Å². The van der Waals surface area contributed by atoms with E-state index in [1.165, 1.54) is 19.3 Å². The molecule has 5 heteroatoms. The van der Waals surface area contributed by atoms with Crippen molar-refractivity contribution < 1.29 is 8.42 Å². The van der Waals surface area contributed by atoms with Gasteiger partial charge in [-0.3, -0.25) is 0 Å². The Hall–Kier alpha value is -0.910. The van der Waals surface area contributed by atoms with Crippen molar-refractivity contribution >= 4 is 10.0 Å². The summed E-state index contributed by atoms with van der Waals surface area (Å²) in [6, 6.07) is 7.24. The van der Waals surface area contributed by atoms with Crippen molar-refractivity contribution in [2.45, 2.75) is 38.0 Å². The van der Waals surface area contributed by atoms with Crippen LogP contribution in [-0.2, 0) is 10.0 Å². The molecule has 2 unspecified atom stereocenters. The maximum absolute atomic E-state index is 12.9. The second-order valence-corrected chi connectivity index (χ2v) is 9.15. The van der Waals surface area contributed by atoms with Crippen LogP contribution >= 0.6 is 0 Å². The number of aryl methyl sites for hydroxylation is 1. The topological polar surface area (TPSA) is 40.6 Å². The van der Waals surface area contributed by atoms with Crippen LogP contribution in [-0.4, -0.2) is 50.3 Å². The molecule has 2 aliphatic heterocycles. The molecule has 4 nitrogen and oxygen atoms in total. The van der Waals surface area contributed by atoms with Crippen LogP contribution in [0.4, 0.5) is 0 Å². The fourth-order valence-corrected chi connectivity index (χ4v) is 5.55. The Morgan fingerprint density at radius 3 is 2.22 bits per heavy atom. The van der Waals surface area contributed by atoms with Gasteiger partial charge in [-0.05, 0) is 50.3 Å². The van der Waals surface area contributed by atoms with E-state index in [1.807, 2.05) is 19.1 Å². The van der Waals surface area contributed by atoms with Crippen LogP contribution in [0.25, 0.3) is 0 Å². The second-order valence-electron chi connectivity index (χ2n) is 7.22. The molecule has 2 heterocycles. The summed E-state index contributed by atoms with van der Waals surface area (Å²) in [7, 11) is -3.34. The molecule has 0 aromatic heterocycles. The number of rotatable bonds is 5. The van der Waals surface area contributed by atoms with Gasteiger partial charge in [0.15, 0.2) is 0 Å². The number of benzene rings is 1. The van der Waals surface area contributed by atoms with Crippen molar-refractivity contribution in [1.29, 1.82) is 0 Å². The maximum Gasteiger partial charge on any atom is 0.243 e. The van der Waals surface area contributed by atoms with Crippen LogP contribution in [0.2, 0.25) is 0 Å². The van der Waals surface area contributed by atoms with Crippen molar-refractivity contribution in [2.24, 2.45) is 11.8 Å². The van der Waals surface area contributed by atoms with Crippen molar-refractivity contribution in [3.63, 3.8) is 0 Å². The van der Waals surface area contributed by atoms with Crippen molar-refractivity contribution in [3.8, 4) is 0 Å². The first kappa shape index (κ1) is 16.9.